The van der Waals surface area contributed by atoms with Crippen LogP contribution in [0.25, 0.3) is 22.2 Å². The number of aryl methyl sites for hydroxylation is 1. The lowest BCUT2D eigenvalue weighted by Crippen LogP contribution is -2.13. The number of amides is 1. The molecule has 1 amide bonds. The minimum absolute atomic E-state index is 0.246. The molecule has 0 aliphatic heterocycles. The van der Waals surface area contributed by atoms with Gasteiger partial charge in [0, 0.05) is 21.6 Å². The van der Waals surface area contributed by atoms with Crippen LogP contribution in [0.1, 0.15) is 22.8 Å². The Bertz CT molecular complexity index is 1210. The fourth-order valence-corrected chi connectivity index (χ4v) is 3.64. The van der Waals surface area contributed by atoms with Crippen LogP contribution in [-0.4, -0.2) is 15.9 Å². The Balaban J connectivity index is 1.83. The first kappa shape index (κ1) is 19.6. The first-order valence-electron chi connectivity index (χ1n) is 9.16. The summed E-state index contributed by atoms with van der Waals surface area (Å²) in [5.41, 5.74) is 4.68. The monoisotopic (exact) mass is 465 g/mol. The molecule has 0 saturated carbocycles. The average Bonchev–Trinajstić information content (AvgIpc) is 2.74. The molecule has 0 bridgehead atoms. The van der Waals surface area contributed by atoms with E-state index >= 15 is 0 Å². The fraction of sp³-hybridized carbons (Fsp3) is 0.0870. The minimum atomic E-state index is -0.267. The number of carbonyl (C=O) groups excluding carboxylic acids is 1. The number of rotatable bonds is 4. The van der Waals surface area contributed by atoms with Crippen LogP contribution in [0.4, 0.5) is 5.69 Å². The van der Waals surface area contributed by atoms with Gasteiger partial charge in [-0.3, -0.25) is 4.79 Å². The summed E-state index contributed by atoms with van der Waals surface area (Å²) in [6, 6.07) is 19.2. The summed E-state index contributed by atoms with van der Waals surface area (Å²) in [6.45, 7) is 2.12. The van der Waals surface area contributed by atoms with Gasteiger partial charge in [-0.25, -0.2) is 9.97 Å². The van der Waals surface area contributed by atoms with Gasteiger partial charge >= 0.3 is 0 Å². The molecule has 0 aliphatic rings. The van der Waals surface area contributed by atoms with Crippen LogP contribution in [0.15, 0.2) is 71.3 Å². The third-order valence-electron chi connectivity index (χ3n) is 4.68. The van der Waals surface area contributed by atoms with Crippen LogP contribution in [0.3, 0.4) is 0 Å². The summed E-state index contributed by atoms with van der Waals surface area (Å²) in [4.78, 5) is 21.9. The van der Waals surface area contributed by atoms with Gasteiger partial charge in [0.2, 0.25) is 0 Å². The molecule has 1 N–H and O–H groups in total. The van der Waals surface area contributed by atoms with Crippen molar-refractivity contribution >= 4 is 50.0 Å². The number of nitrogens with one attached hydrogen (secondary N) is 1. The molecule has 144 valence electrons. The Labute approximate surface area is 182 Å². The van der Waals surface area contributed by atoms with Crippen molar-refractivity contribution in [3.8, 4) is 11.3 Å². The largest absolute Gasteiger partial charge is 0.319 e. The second-order valence-electron chi connectivity index (χ2n) is 6.56. The third kappa shape index (κ3) is 4.16. The van der Waals surface area contributed by atoms with Crippen LogP contribution in [0.2, 0.25) is 5.15 Å². The smallest absolute Gasteiger partial charge is 0.256 e. The van der Waals surface area contributed by atoms with Crippen LogP contribution in [0, 0.1) is 0 Å². The van der Waals surface area contributed by atoms with Crippen LogP contribution < -0.4 is 5.32 Å². The second kappa shape index (κ2) is 8.31. The van der Waals surface area contributed by atoms with Crippen molar-refractivity contribution in [2.75, 3.05) is 5.32 Å². The van der Waals surface area contributed by atoms with Crippen molar-refractivity contribution in [2.24, 2.45) is 0 Å². The minimum Gasteiger partial charge on any atom is -0.319 e. The van der Waals surface area contributed by atoms with E-state index in [1.54, 1.807) is 18.3 Å². The van der Waals surface area contributed by atoms with Crippen LogP contribution in [0.5, 0.6) is 0 Å². The van der Waals surface area contributed by atoms with Crippen LogP contribution >= 0.6 is 27.5 Å². The molecule has 0 unspecified atom stereocenters. The lowest BCUT2D eigenvalue weighted by molar-refractivity contribution is 0.102. The molecule has 0 radical (unpaired) electrons. The van der Waals surface area contributed by atoms with Crippen molar-refractivity contribution in [2.45, 2.75) is 13.3 Å². The number of benzene rings is 2. The van der Waals surface area contributed by atoms with Crippen molar-refractivity contribution in [3.63, 3.8) is 0 Å². The summed E-state index contributed by atoms with van der Waals surface area (Å²) in [5.74, 6) is -0.267. The molecule has 2 heterocycles. The van der Waals surface area contributed by atoms with Crippen molar-refractivity contribution in [1.29, 1.82) is 0 Å². The number of hydrogen-bond donors (Lipinski definition) is 1. The summed E-state index contributed by atoms with van der Waals surface area (Å²) in [7, 11) is 0. The zero-order chi connectivity index (χ0) is 20.4. The normalized spacial score (nSPS) is 10.9. The van der Waals surface area contributed by atoms with E-state index in [0.29, 0.717) is 11.3 Å². The number of fused-ring (bicyclic) bond motifs is 1. The summed E-state index contributed by atoms with van der Waals surface area (Å²) < 4.78 is 0.875. The highest BCUT2D eigenvalue weighted by molar-refractivity contribution is 9.10. The Morgan fingerprint density at radius 1 is 1.10 bits per heavy atom. The summed E-state index contributed by atoms with van der Waals surface area (Å²) >= 11 is 9.59. The highest BCUT2D eigenvalue weighted by atomic mass is 79.9. The predicted molar refractivity (Wildman–Crippen MR) is 121 cm³/mol. The molecule has 29 heavy (non-hydrogen) atoms. The highest BCUT2D eigenvalue weighted by Crippen LogP contribution is 2.29. The van der Waals surface area contributed by atoms with E-state index in [-0.39, 0.29) is 11.1 Å². The van der Waals surface area contributed by atoms with Gasteiger partial charge in [0.25, 0.3) is 5.91 Å². The van der Waals surface area contributed by atoms with E-state index in [4.69, 9.17) is 16.6 Å². The molecule has 0 saturated heterocycles. The van der Waals surface area contributed by atoms with Gasteiger partial charge in [0.05, 0.1) is 22.5 Å². The Morgan fingerprint density at radius 3 is 2.62 bits per heavy atom. The van der Waals surface area contributed by atoms with Crippen molar-refractivity contribution in [1.82, 2.24) is 9.97 Å². The highest BCUT2D eigenvalue weighted by Gasteiger charge is 2.16. The van der Waals surface area contributed by atoms with E-state index in [1.165, 1.54) is 5.56 Å². The SMILES string of the molecule is CCc1ccc(-c2cc(C(=O)Nc3cccnc3Cl)c3cc(Br)ccc3n2)cc1. The standard InChI is InChI=1S/C23H17BrClN3O/c1-2-14-5-7-15(8-6-14)21-13-18(17-12-16(24)9-10-19(17)27-21)23(29)28-20-4-3-11-26-22(20)25/h3-13H,2H2,1H3,(H,28,29). The van der Waals surface area contributed by atoms with E-state index in [0.717, 1.165) is 33.1 Å². The van der Waals surface area contributed by atoms with E-state index in [2.05, 4.69) is 45.3 Å². The van der Waals surface area contributed by atoms with E-state index in [1.807, 2.05) is 36.4 Å². The number of anilines is 1. The lowest BCUT2D eigenvalue weighted by atomic mass is 10.0. The maximum absolute atomic E-state index is 13.1. The molecule has 0 fully saturated rings. The van der Waals surface area contributed by atoms with Crippen LogP contribution in [-0.2, 0) is 6.42 Å². The maximum Gasteiger partial charge on any atom is 0.256 e. The lowest BCUT2D eigenvalue weighted by Gasteiger charge is -2.12. The topological polar surface area (TPSA) is 54.9 Å². The molecular weight excluding hydrogens is 450 g/mol. The Morgan fingerprint density at radius 2 is 1.90 bits per heavy atom. The zero-order valence-corrected chi connectivity index (χ0v) is 18.0. The number of hydrogen-bond acceptors (Lipinski definition) is 3. The fourth-order valence-electron chi connectivity index (χ4n) is 3.11. The molecule has 0 atom stereocenters. The first-order valence-corrected chi connectivity index (χ1v) is 10.3. The molecule has 0 aliphatic carbocycles. The molecular formula is C23H17BrClN3O. The molecule has 4 rings (SSSR count). The number of pyridine rings is 2. The maximum atomic E-state index is 13.1. The van der Waals surface area contributed by atoms with Gasteiger partial charge in [-0.15, -0.1) is 0 Å². The van der Waals surface area contributed by atoms with Gasteiger partial charge < -0.3 is 5.32 Å². The van der Waals surface area contributed by atoms with Gasteiger partial charge in [-0.05, 0) is 48.4 Å². The number of carbonyl (C=O) groups is 1. The first-order chi connectivity index (χ1) is 14.0. The number of nitrogens with zero attached hydrogens (tertiary/aromatic N) is 2. The zero-order valence-electron chi connectivity index (χ0n) is 15.6. The summed E-state index contributed by atoms with van der Waals surface area (Å²) in [5, 5.41) is 3.86. The summed E-state index contributed by atoms with van der Waals surface area (Å²) in [6.07, 6.45) is 2.55. The molecule has 6 heteroatoms. The van der Waals surface area contributed by atoms with E-state index < -0.39 is 0 Å². The van der Waals surface area contributed by atoms with E-state index in [9.17, 15) is 4.79 Å². The number of halogens is 2. The quantitative estimate of drug-likeness (QED) is 0.348. The molecule has 4 aromatic rings. The van der Waals surface area contributed by atoms with Gasteiger partial charge in [-0.1, -0.05) is 58.7 Å². The molecule has 2 aromatic heterocycles. The Hall–Kier alpha value is -2.76. The predicted octanol–water partition coefficient (Wildman–Crippen LogP) is 6.53. The van der Waals surface area contributed by atoms with Crippen molar-refractivity contribution < 1.29 is 4.79 Å². The Kier molecular flexibility index (Phi) is 5.60. The van der Waals surface area contributed by atoms with Gasteiger partial charge in [-0.2, -0.15) is 0 Å². The second-order valence-corrected chi connectivity index (χ2v) is 7.84. The van der Waals surface area contributed by atoms with Crippen molar-refractivity contribution in [3.05, 3.63) is 87.6 Å². The number of aromatic nitrogens is 2. The molecule has 4 nitrogen and oxygen atoms in total. The van der Waals surface area contributed by atoms with Gasteiger partial charge in [0.15, 0.2) is 5.15 Å². The molecule has 2 aromatic carbocycles. The molecule has 0 spiro atoms. The average molecular weight is 467 g/mol. The third-order valence-corrected chi connectivity index (χ3v) is 5.48. The van der Waals surface area contributed by atoms with Gasteiger partial charge in [0.1, 0.15) is 0 Å².